The van der Waals surface area contributed by atoms with Crippen molar-refractivity contribution in [3.63, 3.8) is 0 Å². The molecule has 4 nitrogen and oxygen atoms in total. The third kappa shape index (κ3) is 2.59. The first-order valence-electron chi connectivity index (χ1n) is 5.57. The molecule has 1 unspecified atom stereocenters. The predicted molar refractivity (Wildman–Crippen MR) is 70.3 cm³/mol. The van der Waals surface area contributed by atoms with Crippen LogP contribution in [0.2, 0.25) is 0 Å². The molecular formula is C11H14BrFN2O2S. The summed E-state index contributed by atoms with van der Waals surface area (Å²) in [7, 11) is -2.28. The minimum atomic E-state index is -3.77. The zero-order valence-electron chi connectivity index (χ0n) is 9.86. The van der Waals surface area contributed by atoms with Gasteiger partial charge in [-0.15, -0.1) is 0 Å². The number of nitrogens with zero attached hydrogens (tertiary/aromatic N) is 1. The third-order valence-electron chi connectivity index (χ3n) is 3.10. The van der Waals surface area contributed by atoms with E-state index in [1.807, 2.05) is 0 Å². The molecule has 0 radical (unpaired) electrons. The van der Waals surface area contributed by atoms with Crippen LogP contribution in [0.4, 0.5) is 4.39 Å². The molecule has 1 aliphatic rings. The van der Waals surface area contributed by atoms with Crippen LogP contribution in [0, 0.1) is 5.82 Å². The van der Waals surface area contributed by atoms with E-state index in [0.29, 0.717) is 11.0 Å². The monoisotopic (exact) mass is 336 g/mol. The van der Waals surface area contributed by atoms with Crippen LogP contribution in [0.3, 0.4) is 0 Å². The Kier molecular flexibility index (Phi) is 4.05. The number of sulfonamides is 1. The zero-order chi connectivity index (χ0) is 13.3. The SMILES string of the molecule is CN(C1CCNC1)S(=O)(=O)c1ccc(Br)cc1F. The van der Waals surface area contributed by atoms with Crippen LogP contribution in [-0.2, 0) is 10.0 Å². The Morgan fingerprint density at radius 3 is 2.78 bits per heavy atom. The summed E-state index contributed by atoms with van der Waals surface area (Å²) in [5.74, 6) is -0.734. The fourth-order valence-corrected chi connectivity index (χ4v) is 3.75. The van der Waals surface area contributed by atoms with E-state index in [0.717, 1.165) is 19.0 Å². The van der Waals surface area contributed by atoms with Gasteiger partial charge in [-0.3, -0.25) is 0 Å². The van der Waals surface area contributed by atoms with Crippen LogP contribution in [-0.4, -0.2) is 38.9 Å². The van der Waals surface area contributed by atoms with Crippen molar-refractivity contribution in [2.24, 2.45) is 0 Å². The van der Waals surface area contributed by atoms with Crippen molar-refractivity contribution in [3.8, 4) is 0 Å². The Morgan fingerprint density at radius 1 is 1.50 bits per heavy atom. The molecule has 0 aromatic heterocycles. The molecule has 0 bridgehead atoms. The largest absolute Gasteiger partial charge is 0.315 e. The molecule has 0 saturated carbocycles. The van der Waals surface area contributed by atoms with E-state index in [-0.39, 0.29) is 10.9 Å². The summed E-state index contributed by atoms with van der Waals surface area (Å²) in [6, 6.07) is 3.86. The molecule has 0 spiro atoms. The number of rotatable bonds is 3. The Hall–Kier alpha value is -0.500. The highest BCUT2D eigenvalue weighted by molar-refractivity contribution is 9.10. The Bertz CT molecular complexity index is 544. The molecule has 18 heavy (non-hydrogen) atoms. The summed E-state index contributed by atoms with van der Waals surface area (Å²) in [6.45, 7) is 1.39. The molecule has 1 aliphatic heterocycles. The summed E-state index contributed by atoms with van der Waals surface area (Å²) >= 11 is 3.11. The van der Waals surface area contributed by atoms with E-state index in [2.05, 4.69) is 21.2 Å². The molecule has 1 heterocycles. The molecule has 1 fully saturated rings. The van der Waals surface area contributed by atoms with Crippen LogP contribution in [0.15, 0.2) is 27.6 Å². The second-order valence-corrected chi connectivity index (χ2v) is 7.12. The zero-order valence-corrected chi connectivity index (χ0v) is 12.3. The lowest BCUT2D eigenvalue weighted by molar-refractivity contribution is 0.385. The first kappa shape index (κ1) is 13.9. The standard InChI is InChI=1S/C11H14BrFN2O2S/c1-15(9-4-5-14-7-9)18(16,17)11-3-2-8(12)6-10(11)13/h2-3,6,9,14H,4-5,7H2,1H3. The fourth-order valence-electron chi connectivity index (χ4n) is 1.99. The number of nitrogens with one attached hydrogen (secondary N) is 1. The lowest BCUT2D eigenvalue weighted by Gasteiger charge is -2.23. The summed E-state index contributed by atoms with van der Waals surface area (Å²) in [5, 5.41) is 3.09. The lowest BCUT2D eigenvalue weighted by atomic mass is 10.3. The summed E-state index contributed by atoms with van der Waals surface area (Å²) in [6.07, 6.45) is 0.744. The molecule has 0 amide bonds. The van der Waals surface area contributed by atoms with E-state index >= 15 is 0 Å². The molecule has 7 heteroatoms. The Balaban J connectivity index is 2.35. The number of halogens is 2. The minimum Gasteiger partial charge on any atom is -0.315 e. The van der Waals surface area contributed by atoms with Gasteiger partial charge >= 0.3 is 0 Å². The van der Waals surface area contributed by atoms with Gasteiger partial charge in [-0.1, -0.05) is 15.9 Å². The molecule has 1 aromatic carbocycles. The summed E-state index contributed by atoms with van der Waals surface area (Å²) in [5.41, 5.74) is 0. The third-order valence-corrected chi connectivity index (χ3v) is 5.54. The van der Waals surface area contributed by atoms with Gasteiger partial charge in [-0.05, 0) is 31.2 Å². The van der Waals surface area contributed by atoms with Crippen molar-refractivity contribution < 1.29 is 12.8 Å². The smallest absolute Gasteiger partial charge is 0.246 e. The number of likely N-dealkylation sites (N-methyl/N-ethyl adjacent to an activating group) is 1. The lowest BCUT2D eigenvalue weighted by Crippen LogP contribution is -2.38. The highest BCUT2D eigenvalue weighted by Crippen LogP contribution is 2.24. The van der Waals surface area contributed by atoms with Crippen LogP contribution in [0.5, 0.6) is 0 Å². The molecular weight excluding hydrogens is 323 g/mol. The van der Waals surface area contributed by atoms with Gasteiger partial charge in [-0.2, -0.15) is 4.31 Å². The summed E-state index contributed by atoms with van der Waals surface area (Å²) < 4.78 is 40.1. The van der Waals surface area contributed by atoms with Crippen LogP contribution >= 0.6 is 15.9 Å². The van der Waals surface area contributed by atoms with E-state index < -0.39 is 15.8 Å². The normalized spacial score (nSPS) is 20.6. The molecule has 1 aromatic rings. The van der Waals surface area contributed by atoms with Gasteiger partial charge in [0.25, 0.3) is 0 Å². The second kappa shape index (κ2) is 5.24. The van der Waals surface area contributed by atoms with Gasteiger partial charge in [0.05, 0.1) is 0 Å². The fraction of sp³-hybridized carbons (Fsp3) is 0.455. The van der Waals surface area contributed by atoms with Crippen molar-refractivity contribution in [1.82, 2.24) is 9.62 Å². The van der Waals surface area contributed by atoms with Crippen LogP contribution < -0.4 is 5.32 Å². The number of hydrogen-bond acceptors (Lipinski definition) is 3. The maximum atomic E-state index is 13.7. The number of benzene rings is 1. The van der Waals surface area contributed by atoms with Crippen LogP contribution in [0.1, 0.15) is 6.42 Å². The van der Waals surface area contributed by atoms with Gasteiger partial charge in [0.1, 0.15) is 10.7 Å². The average molecular weight is 337 g/mol. The maximum absolute atomic E-state index is 13.7. The molecule has 1 N–H and O–H groups in total. The predicted octanol–water partition coefficient (Wildman–Crippen LogP) is 1.57. The molecule has 1 atom stereocenters. The van der Waals surface area contributed by atoms with Gasteiger partial charge in [0.15, 0.2) is 0 Å². The first-order valence-corrected chi connectivity index (χ1v) is 7.80. The van der Waals surface area contributed by atoms with Crippen molar-refractivity contribution >= 4 is 26.0 Å². The van der Waals surface area contributed by atoms with Crippen LogP contribution in [0.25, 0.3) is 0 Å². The van der Waals surface area contributed by atoms with Gasteiger partial charge in [0.2, 0.25) is 10.0 Å². The molecule has 100 valence electrons. The first-order chi connectivity index (χ1) is 8.43. The highest BCUT2D eigenvalue weighted by Gasteiger charge is 2.31. The van der Waals surface area contributed by atoms with Crippen molar-refractivity contribution in [1.29, 1.82) is 0 Å². The van der Waals surface area contributed by atoms with Crippen molar-refractivity contribution in [2.45, 2.75) is 17.4 Å². The molecule has 2 rings (SSSR count). The van der Waals surface area contributed by atoms with Gasteiger partial charge in [-0.25, -0.2) is 12.8 Å². The van der Waals surface area contributed by atoms with Gasteiger partial charge in [0, 0.05) is 24.1 Å². The quantitative estimate of drug-likeness (QED) is 0.911. The Labute approximate surface area is 114 Å². The second-order valence-electron chi connectivity index (χ2n) is 4.24. The van der Waals surface area contributed by atoms with E-state index in [1.54, 1.807) is 0 Å². The van der Waals surface area contributed by atoms with E-state index in [4.69, 9.17) is 0 Å². The van der Waals surface area contributed by atoms with E-state index in [1.165, 1.54) is 23.5 Å². The topological polar surface area (TPSA) is 49.4 Å². The average Bonchev–Trinajstić information content (AvgIpc) is 2.80. The van der Waals surface area contributed by atoms with Gasteiger partial charge < -0.3 is 5.32 Å². The molecule has 1 saturated heterocycles. The summed E-state index contributed by atoms with van der Waals surface area (Å²) in [4.78, 5) is -0.278. The Morgan fingerprint density at radius 2 is 2.22 bits per heavy atom. The minimum absolute atomic E-state index is 0.113. The van der Waals surface area contributed by atoms with E-state index in [9.17, 15) is 12.8 Å². The van der Waals surface area contributed by atoms with Crippen molar-refractivity contribution in [2.75, 3.05) is 20.1 Å². The number of hydrogen-bond donors (Lipinski definition) is 1. The highest BCUT2D eigenvalue weighted by atomic mass is 79.9. The van der Waals surface area contributed by atoms with Crippen molar-refractivity contribution in [3.05, 3.63) is 28.5 Å². The maximum Gasteiger partial charge on any atom is 0.246 e. The molecule has 0 aliphatic carbocycles.